The number of amides is 1. The fourth-order valence-corrected chi connectivity index (χ4v) is 2.84. The van der Waals surface area contributed by atoms with Crippen LogP contribution in [-0.4, -0.2) is 5.91 Å². The first-order chi connectivity index (χ1) is 12.1. The Morgan fingerprint density at radius 2 is 1.64 bits per heavy atom. The number of aryl methyl sites for hydroxylation is 2. The van der Waals surface area contributed by atoms with Crippen molar-refractivity contribution < 1.29 is 13.6 Å². The van der Waals surface area contributed by atoms with Crippen LogP contribution in [-0.2, 0) is 12.8 Å². The summed E-state index contributed by atoms with van der Waals surface area (Å²) in [5.74, 6) is -0.222. The fraction of sp³-hybridized carbons (Fsp3) is 0.190. The van der Waals surface area contributed by atoms with E-state index in [1.54, 1.807) is 30.3 Å². The number of carbonyl (C=O) groups excluding carboxylic acids is 1. The molecule has 1 amide bonds. The Hall–Kier alpha value is -2.88. The lowest BCUT2D eigenvalue weighted by Gasteiger charge is -2.13. The summed E-state index contributed by atoms with van der Waals surface area (Å²) >= 11 is 0. The summed E-state index contributed by atoms with van der Waals surface area (Å²) in [5, 5.41) is 2.95. The molecule has 0 saturated carbocycles. The van der Waals surface area contributed by atoms with Crippen molar-refractivity contribution in [1.29, 1.82) is 0 Å². The molecule has 0 saturated heterocycles. The largest absolute Gasteiger partial charge is 0.451 e. The summed E-state index contributed by atoms with van der Waals surface area (Å²) in [6.45, 7) is 4.10. The number of benzene rings is 2. The summed E-state index contributed by atoms with van der Waals surface area (Å²) in [4.78, 5) is 12.6. The molecular formula is C21H20FNO2. The van der Waals surface area contributed by atoms with Crippen molar-refractivity contribution in [2.24, 2.45) is 0 Å². The lowest BCUT2D eigenvalue weighted by atomic mass is 10.0. The number of para-hydroxylation sites is 1. The Kier molecular flexibility index (Phi) is 4.98. The molecule has 25 heavy (non-hydrogen) atoms. The van der Waals surface area contributed by atoms with Gasteiger partial charge in [-0.3, -0.25) is 4.79 Å². The summed E-state index contributed by atoms with van der Waals surface area (Å²) in [6, 6.07) is 15.5. The van der Waals surface area contributed by atoms with Crippen molar-refractivity contribution in [1.82, 2.24) is 0 Å². The summed E-state index contributed by atoms with van der Waals surface area (Å²) in [6.07, 6.45) is 1.64. The monoisotopic (exact) mass is 337 g/mol. The Morgan fingerprint density at radius 1 is 0.960 bits per heavy atom. The molecule has 3 aromatic rings. The average Bonchev–Trinajstić information content (AvgIpc) is 3.12. The summed E-state index contributed by atoms with van der Waals surface area (Å²) in [5.41, 5.74) is 3.33. The molecule has 0 radical (unpaired) electrons. The van der Waals surface area contributed by atoms with Gasteiger partial charge in [-0.1, -0.05) is 44.2 Å². The second-order valence-corrected chi connectivity index (χ2v) is 5.76. The molecular weight excluding hydrogens is 317 g/mol. The number of rotatable bonds is 5. The molecule has 0 unspecified atom stereocenters. The Morgan fingerprint density at radius 3 is 2.28 bits per heavy atom. The minimum atomic E-state index is -0.381. The van der Waals surface area contributed by atoms with E-state index in [4.69, 9.17) is 4.42 Å². The predicted octanol–water partition coefficient (Wildman–Crippen LogP) is 5.46. The van der Waals surface area contributed by atoms with Crippen molar-refractivity contribution in [3.63, 3.8) is 0 Å². The van der Waals surface area contributed by atoms with Gasteiger partial charge in [0.05, 0.1) is 5.56 Å². The fourth-order valence-electron chi connectivity index (χ4n) is 2.84. The molecule has 128 valence electrons. The number of nitrogens with one attached hydrogen (secondary N) is 1. The molecule has 0 aliphatic rings. The van der Waals surface area contributed by atoms with Gasteiger partial charge in [0, 0.05) is 5.69 Å². The number of carbonyl (C=O) groups is 1. The number of furan rings is 1. The SMILES string of the molecule is CCc1cccc(CC)c1NC(=O)c1ccc(-c2ccccc2F)o1. The van der Waals surface area contributed by atoms with E-state index in [-0.39, 0.29) is 17.5 Å². The molecule has 2 aromatic carbocycles. The first-order valence-corrected chi connectivity index (χ1v) is 8.40. The van der Waals surface area contributed by atoms with Crippen molar-refractivity contribution >= 4 is 11.6 Å². The Labute approximate surface area is 146 Å². The second-order valence-electron chi connectivity index (χ2n) is 5.76. The average molecular weight is 337 g/mol. The molecule has 0 bridgehead atoms. The highest BCUT2D eigenvalue weighted by molar-refractivity contribution is 6.03. The van der Waals surface area contributed by atoms with E-state index >= 15 is 0 Å². The third-order valence-corrected chi connectivity index (χ3v) is 4.21. The zero-order valence-corrected chi connectivity index (χ0v) is 14.3. The van der Waals surface area contributed by atoms with E-state index in [0.717, 1.165) is 29.7 Å². The summed E-state index contributed by atoms with van der Waals surface area (Å²) < 4.78 is 19.4. The van der Waals surface area contributed by atoms with E-state index in [2.05, 4.69) is 5.32 Å². The van der Waals surface area contributed by atoms with Crippen molar-refractivity contribution in [2.45, 2.75) is 26.7 Å². The molecule has 1 heterocycles. The van der Waals surface area contributed by atoms with Crippen LogP contribution in [0.25, 0.3) is 11.3 Å². The van der Waals surface area contributed by atoms with E-state index in [1.807, 2.05) is 32.0 Å². The highest BCUT2D eigenvalue weighted by Gasteiger charge is 2.16. The lowest BCUT2D eigenvalue weighted by Crippen LogP contribution is -2.14. The van der Waals surface area contributed by atoms with Gasteiger partial charge in [0.1, 0.15) is 11.6 Å². The highest BCUT2D eigenvalue weighted by atomic mass is 19.1. The molecule has 1 aromatic heterocycles. The van der Waals surface area contributed by atoms with Crippen LogP contribution in [0, 0.1) is 5.82 Å². The normalized spacial score (nSPS) is 10.7. The smallest absolute Gasteiger partial charge is 0.291 e. The standard InChI is InChI=1S/C21H20FNO2/c1-3-14-8-7-9-15(4-2)20(14)23-21(24)19-13-12-18(25-19)16-10-5-6-11-17(16)22/h5-13H,3-4H2,1-2H3,(H,23,24). The van der Waals surface area contributed by atoms with E-state index < -0.39 is 0 Å². The molecule has 0 fully saturated rings. The molecule has 0 aliphatic heterocycles. The molecule has 3 nitrogen and oxygen atoms in total. The van der Waals surface area contributed by atoms with Crippen LogP contribution in [0.15, 0.2) is 59.0 Å². The van der Waals surface area contributed by atoms with Crippen LogP contribution < -0.4 is 5.32 Å². The van der Waals surface area contributed by atoms with Crippen molar-refractivity contribution in [3.05, 3.63) is 77.3 Å². The first kappa shape index (κ1) is 17.0. The molecule has 0 aliphatic carbocycles. The number of hydrogen-bond acceptors (Lipinski definition) is 2. The van der Waals surface area contributed by atoms with Gasteiger partial charge in [0.15, 0.2) is 5.76 Å². The van der Waals surface area contributed by atoms with Crippen LogP contribution >= 0.6 is 0 Å². The highest BCUT2D eigenvalue weighted by Crippen LogP contribution is 2.27. The molecule has 3 rings (SSSR count). The van der Waals surface area contributed by atoms with Crippen LogP contribution in [0.1, 0.15) is 35.5 Å². The first-order valence-electron chi connectivity index (χ1n) is 8.40. The van der Waals surface area contributed by atoms with Crippen LogP contribution in [0.4, 0.5) is 10.1 Å². The molecule has 1 N–H and O–H groups in total. The van der Waals surface area contributed by atoms with E-state index in [0.29, 0.717) is 11.3 Å². The topological polar surface area (TPSA) is 42.2 Å². The molecule has 0 spiro atoms. The van der Waals surface area contributed by atoms with Gasteiger partial charge >= 0.3 is 0 Å². The number of hydrogen-bond donors (Lipinski definition) is 1. The van der Waals surface area contributed by atoms with Crippen LogP contribution in [0.5, 0.6) is 0 Å². The van der Waals surface area contributed by atoms with Crippen molar-refractivity contribution in [3.8, 4) is 11.3 Å². The number of anilines is 1. The maximum atomic E-state index is 13.9. The van der Waals surface area contributed by atoms with Gasteiger partial charge in [-0.05, 0) is 48.2 Å². The maximum Gasteiger partial charge on any atom is 0.291 e. The van der Waals surface area contributed by atoms with Gasteiger partial charge in [-0.2, -0.15) is 0 Å². The molecule has 0 atom stereocenters. The van der Waals surface area contributed by atoms with E-state index in [1.165, 1.54) is 6.07 Å². The van der Waals surface area contributed by atoms with Gasteiger partial charge in [-0.25, -0.2) is 4.39 Å². The van der Waals surface area contributed by atoms with Crippen LogP contribution in [0.3, 0.4) is 0 Å². The minimum Gasteiger partial charge on any atom is -0.451 e. The molecule has 4 heteroatoms. The minimum absolute atomic E-state index is 0.159. The quantitative estimate of drug-likeness (QED) is 0.671. The van der Waals surface area contributed by atoms with Gasteiger partial charge in [0.2, 0.25) is 0 Å². The maximum absolute atomic E-state index is 13.9. The number of halogens is 1. The summed E-state index contributed by atoms with van der Waals surface area (Å²) in [7, 11) is 0. The Balaban J connectivity index is 1.88. The third-order valence-electron chi connectivity index (χ3n) is 4.21. The van der Waals surface area contributed by atoms with Gasteiger partial charge < -0.3 is 9.73 Å². The van der Waals surface area contributed by atoms with Gasteiger partial charge in [-0.15, -0.1) is 0 Å². The predicted molar refractivity (Wildman–Crippen MR) is 97.3 cm³/mol. The van der Waals surface area contributed by atoms with Crippen molar-refractivity contribution in [2.75, 3.05) is 5.32 Å². The zero-order valence-electron chi connectivity index (χ0n) is 14.3. The lowest BCUT2D eigenvalue weighted by molar-refractivity contribution is 0.0997. The third kappa shape index (κ3) is 3.48. The van der Waals surface area contributed by atoms with Crippen LogP contribution in [0.2, 0.25) is 0 Å². The van der Waals surface area contributed by atoms with Gasteiger partial charge in [0.25, 0.3) is 5.91 Å². The zero-order chi connectivity index (χ0) is 17.8. The Bertz CT molecular complexity index is 876. The van der Waals surface area contributed by atoms with E-state index in [9.17, 15) is 9.18 Å². The second kappa shape index (κ2) is 7.34.